The number of carbonyl (C=O) groups excluding carboxylic acids is 4. The number of nitro benzene ring substituents is 1. The van der Waals surface area contributed by atoms with Crippen molar-refractivity contribution in [1.82, 2.24) is 5.32 Å². The van der Waals surface area contributed by atoms with E-state index in [4.69, 9.17) is 5.73 Å². The van der Waals surface area contributed by atoms with E-state index in [0.717, 1.165) is 4.90 Å². The third-order valence-corrected chi connectivity index (χ3v) is 6.91. The maximum absolute atomic E-state index is 13.2. The zero-order valence-corrected chi connectivity index (χ0v) is 23.3. The van der Waals surface area contributed by atoms with Crippen molar-refractivity contribution in [3.63, 3.8) is 0 Å². The quantitative estimate of drug-likeness (QED) is 0.0831. The van der Waals surface area contributed by atoms with Crippen molar-refractivity contribution in [1.29, 1.82) is 0 Å². The smallest absolute Gasteiger partial charge is 0.276 e. The van der Waals surface area contributed by atoms with Crippen molar-refractivity contribution in [3.05, 3.63) is 136 Å². The number of nitrogens with zero attached hydrogens (tertiary/aromatic N) is 1. The van der Waals surface area contributed by atoms with Gasteiger partial charge in [-0.25, -0.2) is 0 Å². The molecule has 0 saturated heterocycles. The van der Waals surface area contributed by atoms with Gasteiger partial charge in [0.2, 0.25) is 11.8 Å². The van der Waals surface area contributed by atoms with E-state index in [0.29, 0.717) is 22.5 Å². The molecule has 0 unspecified atom stereocenters. The molecule has 0 bridgehead atoms. The lowest BCUT2D eigenvalue weighted by Crippen LogP contribution is -2.30. The van der Waals surface area contributed by atoms with Crippen LogP contribution in [-0.4, -0.2) is 34.3 Å². The summed E-state index contributed by atoms with van der Waals surface area (Å²) in [4.78, 5) is 61.3. The number of nitrogens with one attached hydrogen (secondary N) is 3. The molecule has 216 valence electrons. The summed E-state index contributed by atoms with van der Waals surface area (Å²) in [6.07, 6.45) is 1.25. The number of nitrogens with two attached hydrogens (primary N) is 1. The van der Waals surface area contributed by atoms with E-state index in [1.807, 2.05) is 0 Å². The number of carbonyl (C=O) groups is 4. The van der Waals surface area contributed by atoms with Crippen LogP contribution in [0.4, 0.5) is 17.1 Å². The number of hydrogen-bond acceptors (Lipinski definition) is 7. The molecule has 0 aliphatic rings. The van der Waals surface area contributed by atoms with Gasteiger partial charge in [-0.05, 0) is 72.8 Å². The van der Waals surface area contributed by atoms with Gasteiger partial charge < -0.3 is 21.7 Å². The lowest BCUT2D eigenvalue weighted by atomic mass is 10.1. The Morgan fingerprint density at radius 2 is 1.37 bits per heavy atom. The molecule has 5 N–H and O–H groups in total. The third-order valence-electron chi connectivity index (χ3n) is 5.90. The Kier molecular flexibility index (Phi) is 10.0. The molecular formula is C31H25N5O6S. The first-order chi connectivity index (χ1) is 20.7. The molecule has 0 aromatic heterocycles. The summed E-state index contributed by atoms with van der Waals surface area (Å²) >= 11 is 1.27. The molecule has 4 amide bonds. The van der Waals surface area contributed by atoms with E-state index in [1.54, 1.807) is 72.8 Å². The summed E-state index contributed by atoms with van der Waals surface area (Å²) in [5, 5.41) is 19.5. The molecule has 4 aromatic carbocycles. The number of nitro groups is 1. The van der Waals surface area contributed by atoms with Gasteiger partial charge in [0, 0.05) is 33.5 Å². The first-order valence-electron chi connectivity index (χ1n) is 12.7. The Morgan fingerprint density at radius 3 is 2.02 bits per heavy atom. The van der Waals surface area contributed by atoms with Crippen molar-refractivity contribution in [2.45, 2.75) is 4.90 Å². The van der Waals surface area contributed by atoms with Crippen LogP contribution in [0.2, 0.25) is 0 Å². The van der Waals surface area contributed by atoms with Crippen molar-refractivity contribution < 1.29 is 24.1 Å². The first kappa shape index (κ1) is 30.2. The largest absolute Gasteiger partial charge is 0.366 e. The maximum atomic E-state index is 13.2. The van der Waals surface area contributed by atoms with Crippen LogP contribution in [0.1, 0.15) is 26.3 Å². The molecule has 12 heteroatoms. The Bertz CT molecular complexity index is 1690. The fourth-order valence-corrected chi connectivity index (χ4v) is 4.47. The highest BCUT2D eigenvalue weighted by atomic mass is 32.2. The van der Waals surface area contributed by atoms with Gasteiger partial charge in [0.15, 0.2) is 0 Å². The number of hydrogen-bond donors (Lipinski definition) is 4. The molecule has 0 aliphatic heterocycles. The van der Waals surface area contributed by atoms with Gasteiger partial charge in [-0.3, -0.25) is 29.3 Å². The second kappa shape index (κ2) is 14.2. The summed E-state index contributed by atoms with van der Waals surface area (Å²) in [6.45, 7) is 0. The fourth-order valence-electron chi connectivity index (χ4n) is 3.77. The zero-order chi connectivity index (χ0) is 30.8. The predicted molar refractivity (Wildman–Crippen MR) is 164 cm³/mol. The summed E-state index contributed by atoms with van der Waals surface area (Å²) in [5.41, 5.74) is 6.50. The highest BCUT2D eigenvalue weighted by molar-refractivity contribution is 8.00. The second-order valence-electron chi connectivity index (χ2n) is 8.95. The van der Waals surface area contributed by atoms with Gasteiger partial charge in [-0.2, -0.15) is 0 Å². The SMILES string of the molecule is NC(=O)c1ccc(NC(=O)CSc2ccc(NC(=O)/C(=C/c3ccccc3[N+](=O)[O-])NC(=O)c3ccccc3)cc2)cc1. The Morgan fingerprint density at radius 1 is 0.767 bits per heavy atom. The number of para-hydroxylation sites is 1. The molecule has 4 aromatic rings. The minimum Gasteiger partial charge on any atom is -0.366 e. The number of primary amides is 1. The standard InChI is InChI=1S/C31H25N5O6S/c32-29(38)20-10-12-23(13-11-20)33-28(37)19-43-25-16-14-24(15-17-25)34-31(40)26(35-30(39)21-6-2-1-3-7-21)18-22-8-4-5-9-27(22)36(41)42/h1-18H,19H2,(H2,32,38)(H,33,37)(H,34,40)(H,35,39)/b26-18-. The van der Waals surface area contributed by atoms with Crippen LogP contribution >= 0.6 is 11.8 Å². The van der Waals surface area contributed by atoms with Gasteiger partial charge in [-0.15, -0.1) is 11.8 Å². The number of anilines is 2. The van der Waals surface area contributed by atoms with Crippen molar-refractivity contribution in [3.8, 4) is 0 Å². The van der Waals surface area contributed by atoms with Gasteiger partial charge in [0.25, 0.3) is 17.5 Å². The summed E-state index contributed by atoms with van der Waals surface area (Å²) in [7, 11) is 0. The lowest BCUT2D eigenvalue weighted by Gasteiger charge is -2.12. The van der Waals surface area contributed by atoms with E-state index < -0.39 is 22.6 Å². The zero-order valence-electron chi connectivity index (χ0n) is 22.5. The Balaban J connectivity index is 1.42. The molecule has 0 atom stereocenters. The van der Waals surface area contributed by atoms with Crippen molar-refractivity contribution >= 4 is 58.5 Å². The molecular weight excluding hydrogens is 570 g/mol. The minimum atomic E-state index is -0.690. The third kappa shape index (κ3) is 8.62. The summed E-state index contributed by atoms with van der Waals surface area (Å²) < 4.78 is 0. The molecule has 43 heavy (non-hydrogen) atoms. The van der Waals surface area contributed by atoms with E-state index in [-0.39, 0.29) is 28.6 Å². The van der Waals surface area contributed by atoms with Crippen LogP contribution < -0.4 is 21.7 Å². The number of thioether (sulfide) groups is 1. The van der Waals surface area contributed by atoms with Crippen LogP contribution in [0, 0.1) is 10.1 Å². The molecule has 11 nitrogen and oxygen atoms in total. The summed E-state index contributed by atoms with van der Waals surface area (Å²) in [5.74, 6) is -1.96. The van der Waals surface area contributed by atoms with Crippen LogP contribution in [0.3, 0.4) is 0 Å². The molecule has 0 heterocycles. The first-order valence-corrected chi connectivity index (χ1v) is 13.7. The molecule has 0 fully saturated rings. The minimum absolute atomic E-state index is 0.109. The highest BCUT2D eigenvalue weighted by Crippen LogP contribution is 2.23. The van der Waals surface area contributed by atoms with E-state index >= 15 is 0 Å². The van der Waals surface area contributed by atoms with Crippen LogP contribution in [0.15, 0.2) is 114 Å². The molecule has 0 spiro atoms. The lowest BCUT2D eigenvalue weighted by molar-refractivity contribution is -0.385. The second-order valence-corrected chi connectivity index (χ2v) is 10.00. The van der Waals surface area contributed by atoms with Crippen LogP contribution in [0.5, 0.6) is 0 Å². The van der Waals surface area contributed by atoms with Gasteiger partial charge >= 0.3 is 0 Å². The fraction of sp³-hybridized carbons (Fsp3) is 0.0323. The van der Waals surface area contributed by atoms with Gasteiger partial charge in [-0.1, -0.05) is 30.3 Å². The van der Waals surface area contributed by atoms with Gasteiger partial charge in [0.1, 0.15) is 5.70 Å². The number of amides is 4. The predicted octanol–water partition coefficient (Wildman–Crippen LogP) is 4.83. The molecule has 0 radical (unpaired) electrons. The van der Waals surface area contributed by atoms with Gasteiger partial charge in [0.05, 0.1) is 16.2 Å². The van der Waals surface area contributed by atoms with Crippen LogP contribution in [-0.2, 0) is 9.59 Å². The maximum Gasteiger partial charge on any atom is 0.276 e. The van der Waals surface area contributed by atoms with Crippen molar-refractivity contribution in [2.24, 2.45) is 5.73 Å². The number of rotatable bonds is 11. The molecule has 0 aliphatic carbocycles. The van der Waals surface area contributed by atoms with E-state index in [9.17, 15) is 29.3 Å². The van der Waals surface area contributed by atoms with Crippen LogP contribution in [0.25, 0.3) is 6.08 Å². The average molecular weight is 596 g/mol. The summed E-state index contributed by atoms with van der Waals surface area (Å²) in [6, 6.07) is 27.0. The monoisotopic (exact) mass is 595 g/mol. The Hall–Kier alpha value is -5.75. The molecule has 4 rings (SSSR count). The topological polar surface area (TPSA) is 174 Å². The average Bonchev–Trinajstić information content (AvgIpc) is 3.01. The van der Waals surface area contributed by atoms with E-state index in [2.05, 4.69) is 16.0 Å². The van der Waals surface area contributed by atoms with Crippen molar-refractivity contribution in [2.75, 3.05) is 16.4 Å². The normalized spacial score (nSPS) is 10.8. The Labute approximate surface area is 250 Å². The highest BCUT2D eigenvalue weighted by Gasteiger charge is 2.18. The number of benzene rings is 4. The molecule has 0 saturated carbocycles. The van der Waals surface area contributed by atoms with E-state index in [1.165, 1.54) is 48.2 Å².